The predicted octanol–water partition coefficient (Wildman–Crippen LogP) is 3.19. The molecule has 3 rings (SSSR count). The normalized spacial score (nSPS) is 14.5. The number of hydrogen-bond donors (Lipinski definition) is 3. The first kappa shape index (κ1) is 12.7. The SMILES string of the molecule is Nc1ccc(Nc2ccc(N3CCCC3)cc2)cc1N. The molecule has 0 aromatic heterocycles. The lowest BCUT2D eigenvalue weighted by molar-refractivity contribution is 0.949. The van der Waals surface area contributed by atoms with Gasteiger partial charge in [0.1, 0.15) is 0 Å². The smallest absolute Gasteiger partial charge is 0.0568 e. The highest BCUT2D eigenvalue weighted by atomic mass is 15.1. The second kappa shape index (κ2) is 5.33. The van der Waals surface area contributed by atoms with Gasteiger partial charge in [-0.15, -0.1) is 0 Å². The molecule has 1 saturated heterocycles. The van der Waals surface area contributed by atoms with Crippen LogP contribution in [0, 0.1) is 0 Å². The van der Waals surface area contributed by atoms with Crippen molar-refractivity contribution in [1.29, 1.82) is 0 Å². The van der Waals surface area contributed by atoms with E-state index in [1.165, 1.54) is 31.6 Å². The van der Waals surface area contributed by atoms with Gasteiger partial charge in [-0.05, 0) is 55.3 Å². The maximum absolute atomic E-state index is 5.81. The molecular formula is C16H20N4. The summed E-state index contributed by atoms with van der Waals surface area (Å²) in [6.07, 6.45) is 2.59. The Labute approximate surface area is 119 Å². The van der Waals surface area contributed by atoms with Gasteiger partial charge in [0.15, 0.2) is 0 Å². The number of rotatable bonds is 3. The van der Waals surface area contributed by atoms with Gasteiger partial charge >= 0.3 is 0 Å². The van der Waals surface area contributed by atoms with E-state index in [1.807, 2.05) is 18.2 Å². The summed E-state index contributed by atoms with van der Waals surface area (Å²) in [5.74, 6) is 0. The van der Waals surface area contributed by atoms with Crippen LogP contribution < -0.4 is 21.7 Å². The number of nitrogen functional groups attached to an aromatic ring is 2. The van der Waals surface area contributed by atoms with E-state index in [9.17, 15) is 0 Å². The molecule has 104 valence electrons. The number of benzene rings is 2. The molecule has 0 amide bonds. The molecule has 0 spiro atoms. The third-order valence-electron chi connectivity index (χ3n) is 3.71. The standard InChI is InChI=1S/C16H20N4/c17-15-8-5-13(11-16(15)18)19-12-3-6-14(7-4-12)20-9-1-2-10-20/h3-8,11,19H,1-2,9-10,17-18H2. The fourth-order valence-corrected chi connectivity index (χ4v) is 2.55. The molecule has 0 bridgehead atoms. The minimum absolute atomic E-state index is 0.601. The average molecular weight is 268 g/mol. The van der Waals surface area contributed by atoms with E-state index in [4.69, 9.17) is 11.5 Å². The Morgan fingerprint density at radius 2 is 1.45 bits per heavy atom. The molecule has 1 aliphatic heterocycles. The molecule has 2 aromatic carbocycles. The molecule has 4 nitrogen and oxygen atoms in total. The van der Waals surface area contributed by atoms with Gasteiger partial charge in [0.05, 0.1) is 11.4 Å². The van der Waals surface area contributed by atoms with Gasteiger partial charge in [-0.3, -0.25) is 0 Å². The third kappa shape index (κ3) is 2.64. The summed E-state index contributed by atoms with van der Waals surface area (Å²) >= 11 is 0. The van der Waals surface area contributed by atoms with Crippen LogP contribution in [-0.4, -0.2) is 13.1 Å². The quantitative estimate of drug-likeness (QED) is 0.748. The van der Waals surface area contributed by atoms with Crippen molar-refractivity contribution in [3.63, 3.8) is 0 Å². The van der Waals surface area contributed by atoms with Gasteiger partial charge in [-0.2, -0.15) is 0 Å². The van der Waals surface area contributed by atoms with Gasteiger partial charge < -0.3 is 21.7 Å². The number of nitrogens with two attached hydrogens (primary N) is 2. The summed E-state index contributed by atoms with van der Waals surface area (Å²) in [6, 6.07) is 14.1. The average Bonchev–Trinajstić information content (AvgIpc) is 2.98. The van der Waals surface area contributed by atoms with Gasteiger partial charge in [-0.25, -0.2) is 0 Å². The van der Waals surface area contributed by atoms with Crippen molar-refractivity contribution in [3.05, 3.63) is 42.5 Å². The Balaban J connectivity index is 1.72. The van der Waals surface area contributed by atoms with Gasteiger partial charge in [0.2, 0.25) is 0 Å². The lowest BCUT2D eigenvalue weighted by atomic mass is 10.2. The highest BCUT2D eigenvalue weighted by molar-refractivity contribution is 5.72. The van der Waals surface area contributed by atoms with Crippen molar-refractivity contribution >= 4 is 28.4 Å². The van der Waals surface area contributed by atoms with Gasteiger partial charge in [-0.1, -0.05) is 0 Å². The molecule has 0 radical (unpaired) electrons. The first-order chi connectivity index (χ1) is 9.72. The van der Waals surface area contributed by atoms with Crippen LogP contribution in [0.25, 0.3) is 0 Å². The molecule has 20 heavy (non-hydrogen) atoms. The molecular weight excluding hydrogens is 248 g/mol. The van der Waals surface area contributed by atoms with E-state index < -0.39 is 0 Å². The summed E-state index contributed by atoms with van der Waals surface area (Å²) in [5.41, 5.74) is 16.0. The summed E-state index contributed by atoms with van der Waals surface area (Å²) < 4.78 is 0. The largest absolute Gasteiger partial charge is 0.397 e. The maximum Gasteiger partial charge on any atom is 0.0568 e. The Kier molecular flexibility index (Phi) is 3.37. The number of nitrogens with zero attached hydrogens (tertiary/aromatic N) is 1. The van der Waals surface area contributed by atoms with Crippen molar-refractivity contribution in [3.8, 4) is 0 Å². The molecule has 2 aromatic rings. The van der Waals surface area contributed by atoms with Gasteiger partial charge in [0.25, 0.3) is 0 Å². The van der Waals surface area contributed by atoms with Crippen LogP contribution in [0.15, 0.2) is 42.5 Å². The second-order valence-corrected chi connectivity index (χ2v) is 5.21. The van der Waals surface area contributed by atoms with Crippen LogP contribution in [0.2, 0.25) is 0 Å². The van der Waals surface area contributed by atoms with Crippen LogP contribution in [-0.2, 0) is 0 Å². The van der Waals surface area contributed by atoms with E-state index in [2.05, 4.69) is 34.5 Å². The number of anilines is 5. The molecule has 1 fully saturated rings. The molecule has 0 unspecified atom stereocenters. The summed E-state index contributed by atoms with van der Waals surface area (Å²) in [4.78, 5) is 2.42. The number of hydrogen-bond acceptors (Lipinski definition) is 4. The van der Waals surface area contributed by atoms with Crippen molar-refractivity contribution in [2.24, 2.45) is 0 Å². The van der Waals surface area contributed by atoms with Crippen LogP contribution in [0.5, 0.6) is 0 Å². The fourth-order valence-electron chi connectivity index (χ4n) is 2.55. The fraction of sp³-hybridized carbons (Fsp3) is 0.250. The lowest BCUT2D eigenvalue weighted by Crippen LogP contribution is -2.17. The predicted molar refractivity (Wildman–Crippen MR) is 86.4 cm³/mol. The third-order valence-corrected chi connectivity index (χ3v) is 3.71. The van der Waals surface area contributed by atoms with Crippen molar-refractivity contribution in [1.82, 2.24) is 0 Å². The molecule has 1 aliphatic rings. The van der Waals surface area contributed by atoms with Gasteiger partial charge in [0, 0.05) is 30.2 Å². The van der Waals surface area contributed by atoms with E-state index in [0.717, 1.165) is 11.4 Å². The zero-order chi connectivity index (χ0) is 13.9. The monoisotopic (exact) mass is 268 g/mol. The second-order valence-electron chi connectivity index (χ2n) is 5.21. The Morgan fingerprint density at radius 3 is 2.10 bits per heavy atom. The first-order valence-electron chi connectivity index (χ1n) is 6.99. The molecule has 4 heteroatoms. The van der Waals surface area contributed by atoms with E-state index >= 15 is 0 Å². The Hall–Kier alpha value is -2.36. The summed E-state index contributed by atoms with van der Waals surface area (Å²) in [7, 11) is 0. The topological polar surface area (TPSA) is 67.3 Å². The number of nitrogens with one attached hydrogen (secondary N) is 1. The van der Waals surface area contributed by atoms with E-state index in [1.54, 1.807) is 0 Å². The van der Waals surface area contributed by atoms with E-state index in [0.29, 0.717) is 11.4 Å². The highest BCUT2D eigenvalue weighted by Gasteiger charge is 2.11. The minimum Gasteiger partial charge on any atom is -0.397 e. The lowest BCUT2D eigenvalue weighted by Gasteiger charge is -2.18. The molecule has 1 heterocycles. The highest BCUT2D eigenvalue weighted by Crippen LogP contribution is 2.26. The Morgan fingerprint density at radius 1 is 0.800 bits per heavy atom. The molecule has 0 aliphatic carbocycles. The van der Waals surface area contributed by atoms with Crippen LogP contribution in [0.1, 0.15) is 12.8 Å². The summed E-state index contributed by atoms with van der Waals surface area (Å²) in [5, 5.41) is 3.34. The van der Waals surface area contributed by atoms with Crippen molar-refractivity contribution in [2.75, 3.05) is 34.8 Å². The van der Waals surface area contributed by atoms with Crippen LogP contribution in [0.3, 0.4) is 0 Å². The summed E-state index contributed by atoms with van der Waals surface area (Å²) in [6.45, 7) is 2.34. The minimum atomic E-state index is 0.601. The zero-order valence-corrected chi connectivity index (χ0v) is 11.5. The van der Waals surface area contributed by atoms with Crippen LogP contribution in [0.4, 0.5) is 28.4 Å². The van der Waals surface area contributed by atoms with E-state index in [-0.39, 0.29) is 0 Å². The molecule has 0 saturated carbocycles. The van der Waals surface area contributed by atoms with Crippen molar-refractivity contribution < 1.29 is 0 Å². The zero-order valence-electron chi connectivity index (χ0n) is 11.5. The first-order valence-corrected chi connectivity index (χ1v) is 6.99. The Bertz CT molecular complexity index is 586. The molecule has 0 atom stereocenters. The molecule has 5 N–H and O–H groups in total. The van der Waals surface area contributed by atoms with Crippen molar-refractivity contribution in [2.45, 2.75) is 12.8 Å². The maximum atomic E-state index is 5.81. The van der Waals surface area contributed by atoms with Crippen LogP contribution >= 0.6 is 0 Å².